The predicted octanol–water partition coefficient (Wildman–Crippen LogP) is 7.17. The first kappa shape index (κ1) is 29.4. The molecule has 3 aromatic rings. The van der Waals surface area contributed by atoms with E-state index in [1.165, 1.54) is 56.2 Å². The van der Waals surface area contributed by atoms with Crippen LogP contribution in [0.5, 0.6) is 0 Å². The van der Waals surface area contributed by atoms with E-state index < -0.39 is 0 Å². The minimum atomic E-state index is 1.18. The van der Waals surface area contributed by atoms with Crippen molar-refractivity contribution in [3.63, 3.8) is 0 Å². The summed E-state index contributed by atoms with van der Waals surface area (Å²) in [4.78, 5) is 6.38. The first-order chi connectivity index (χ1) is 19.6. The molecule has 0 aromatic heterocycles. The second-order valence-corrected chi connectivity index (χ2v) is 11.1. The molecule has 0 spiro atoms. The minimum Gasteiger partial charge on any atom is -0.378 e. The maximum absolute atomic E-state index is 2.23. The van der Waals surface area contributed by atoms with Crippen LogP contribution in [0.3, 0.4) is 0 Å². The van der Waals surface area contributed by atoms with Gasteiger partial charge in [-0.15, -0.1) is 0 Å². The summed E-state index contributed by atoms with van der Waals surface area (Å²) < 4.78 is 2.13. The van der Waals surface area contributed by atoms with Crippen molar-refractivity contribution in [1.29, 1.82) is 0 Å². The highest BCUT2D eigenvalue weighted by molar-refractivity contribution is 6.03. The lowest BCUT2D eigenvalue weighted by atomic mass is 9.94. The van der Waals surface area contributed by atoms with Crippen LogP contribution >= 0.6 is 0 Å². The Bertz CT molecular complexity index is 1450. The smallest absolute Gasteiger partial charge is 0.199 e. The van der Waals surface area contributed by atoms with Crippen LogP contribution in [0.15, 0.2) is 121 Å². The van der Waals surface area contributed by atoms with Gasteiger partial charge < -0.3 is 14.7 Å². The van der Waals surface area contributed by atoms with Gasteiger partial charge >= 0.3 is 0 Å². The van der Waals surface area contributed by atoms with Crippen molar-refractivity contribution in [3.8, 4) is 0 Å². The second-order valence-electron chi connectivity index (χ2n) is 11.1. The van der Waals surface area contributed by atoms with Gasteiger partial charge in [-0.3, -0.25) is 0 Å². The monoisotopic (exact) mass is 543 g/mol. The van der Waals surface area contributed by atoms with Crippen molar-refractivity contribution in [2.24, 2.45) is 0 Å². The zero-order valence-corrected chi connectivity index (χ0v) is 25.8. The molecular formula is C37H43N4+. The molecule has 1 aliphatic rings. The fourth-order valence-electron chi connectivity index (χ4n) is 4.72. The van der Waals surface area contributed by atoms with Gasteiger partial charge in [-0.25, -0.2) is 4.58 Å². The van der Waals surface area contributed by atoms with Crippen molar-refractivity contribution in [2.75, 3.05) is 71.1 Å². The van der Waals surface area contributed by atoms with Gasteiger partial charge in [0.15, 0.2) is 5.71 Å². The average Bonchev–Trinajstić information content (AvgIpc) is 2.97. The molecule has 0 amide bonds. The van der Waals surface area contributed by atoms with E-state index in [1.54, 1.807) is 0 Å². The Labute approximate surface area is 246 Å². The summed E-state index contributed by atoms with van der Waals surface area (Å²) in [6, 6.07) is 26.3. The molecule has 41 heavy (non-hydrogen) atoms. The fraction of sp³-hybridized carbons (Fsp3) is 0.216. The summed E-state index contributed by atoms with van der Waals surface area (Å²) in [5, 5.41) is 0. The Hall–Kier alpha value is -4.57. The molecule has 4 heteroatoms. The summed E-state index contributed by atoms with van der Waals surface area (Å²) in [5.41, 5.74) is 11.8. The molecular weight excluding hydrogens is 500 g/mol. The number of nitrogens with zero attached hydrogens (tertiary/aromatic N) is 4. The Balaban J connectivity index is 1.80. The molecule has 0 heterocycles. The third-order valence-corrected chi connectivity index (χ3v) is 7.30. The van der Waals surface area contributed by atoms with Crippen molar-refractivity contribution < 1.29 is 4.58 Å². The third-order valence-electron chi connectivity index (χ3n) is 7.30. The van der Waals surface area contributed by atoms with Gasteiger partial charge in [-0.2, -0.15) is 0 Å². The molecule has 0 saturated heterocycles. The van der Waals surface area contributed by atoms with E-state index in [0.29, 0.717) is 0 Å². The highest BCUT2D eigenvalue weighted by Crippen LogP contribution is 2.29. The van der Waals surface area contributed by atoms with E-state index in [4.69, 9.17) is 0 Å². The number of rotatable bonds is 8. The van der Waals surface area contributed by atoms with Crippen LogP contribution in [0.2, 0.25) is 0 Å². The van der Waals surface area contributed by atoms with Crippen molar-refractivity contribution in [2.45, 2.75) is 0 Å². The maximum atomic E-state index is 2.23. The fourth-order valence-corrected chi connectivity index (χ4v) is 4.72. The topological polar surface area (TPSA) is 12.7 Å². The number of anilines is 3. The summed E-state index contributed by atoms with van der Waals surface area (Å²) in [5.74, 6) is 0. The van der Waals surface area contributed by atoms with Gasteiger partial charge in [0.25, 0.3) is 0 Å². The molecule has 4 rings (SSSR count). The van der Waals surface area contributed by atoms with E-state index in [1.807, 2.05) is 0 Å². The molecule has 0 aliphatic heterocycles. The summed E-state index contributed by atoms with van der Waals surface area (Å²) in [6.07, 6.45) is 15.4. The SMILES string of the molecule is CN(C)c1ccc(C(=CC=CC(=C2C=CC(=[N+](C)C)C=C2)c2ccc(N(C)C)cc2)c2ccc(N(C)C)cc2)cc1. The van der Waals surface area contributed by atoms with Crippen molar-refractivity contribution in [3.05, 3.63) is 138 Å². The van der Waals surface area contributed by atoms with Crippen LogP contribution in [0.1, 0.15) is 16.7 Å². The van der Waals surface area contributed by atoms with Gasteiger partial charge in [-0.1, -0.05) is 54.6 Å². The van der Waals surface area contributed by atoms with Crippen molar-refractivity contribution in [1.82, 2.24) is 0 Å². The van der Waals surface area contributed by atoms with Gasteiger partial charge in [0.05, 0.1) is 0 Å². The van der Waals surface area contributed by atoms with Gasteiger partial charge in [0.2, 0.25) is 0 Å². The van der Waals surface area contributed by atoms with Crippen LogP contribution < -0.4 is 14.7 Å². The lowest BCUT2D eigenvalue weighted by molar-refractivity contribution is -0.462. The first-order valence-electron chi connectivity index (χ1n) is 14.0. The number of hydrogen-bond donors (Lipinski definition) is 0. The van der Waals surface area contributed by atoms with Gasteiger partial charge in [-0.05, 0) is 82.0 Å². The van der Waals surface area contributed by atoms with E-state index in [2.05, 4.69) is 191 Å². The third kappa shape index (κ3) is 7.34. The highest BCUT2D eigenvalue weighted by atomic mass is 15.1. The Morgan fingerprint density at radius 3 is 1.29 bits per heavy atom. The lowest BCUT2D eigenvalue weighted by Gasteiger charge is -2.16. The molecule has 0 bridgehead atoms. The number of allylic oxidation sites excluding steroid dienone is 9. The molecule has 4 nitrogen and oxygen atoms in total. The minimum absolute atomic E-state index is 1.18. The van der Waals surface area contributed by atoms with Crippen molar-refractivity contribution >= 4 is 33.9 Å². The Kier molecular flexibility index (Phi) is 9.46. The molecule has 210 valence electrons. The second kappa shape index (κ2) is 13.2. The molecule has 0 unspecified atom stereocenters. The summed E-state index contributed by atoms with van der Waals surface area (Å²) >= 11 is 0. The van der Waals surface area contributed by atoms with Crippen LogP contribution in [0.25, 0.3) is 11.1 Å². The zero-order valence-electron chi connectivity index (χ0n) is 25.8. The highest BCUT2D eigenvalue weighted by Gasteiger charge is 2.11. The Morgan fingerprint density at radius 1 is 0.537 bits per heavy atom. The normalized spacial score (nSPS) is 12.5. The molecule has 3 aromatic carbocycles. The van der Waals surface area contributed by atoms with E-state index >= 15 is 0 Å². The van der Waals surface area contributed by atoms with E-state index in [0.717, 1.165) is 0 Å². The Morgan fingerprint density at radius 2 is 0.927 bits per heavy atom. The van der Waals surface area contributed by atoms with Crippen LogP contribution in [-0.4, -0.2) is 66.7 Å². The zero-order chi connectivity index (χ0) is 29.5. The molecule has 0 radical (unpaired) electrons. The standard InChI is InChI=1S/C37H43N4/c1-38(2)32-20-12-28(13-21-32)36(29-14-22-33(23-15-29)39(3)4)10-9-11-37(30-16-24-34(25-17-30)40(5)6)31-18-26-35(27-19-31)41(7)8/h9-27H,1-8H3/q+1. The lowest BCUT2D eigenvalue weighted by Crippen LogP contribution is -2.10. The van der Waals surface area contributed by atoms with Crippen LogP contribution in [0.4, 0.5) is 17.1 Å². The quantitative estimate of drug-likeness (QED) is 0.221. The number of hydrogen-bond acceptors (Lipinski definition) is 3. The number of benzene rings is 3. The van der Waals surface area contributed by atoms with Gasteiger partial charge in [0.1, 0.15) is 14.1 Å². The van der Waals surface area contributed by atoms with Crippen LogP contribution in [0, 0.1) is 0 Å². The van der Waals surface area contributed by atoms with Gasteiger partial charge in [0, 0.05) is 71.5 Å². The maximum Gasteiger partial charge on any atom is 0.199 e. The van der Waals surface area contributed by atoms with E-state index in [-0.39, 0.29) is 0 Å². The molecule has 1 aliphatic carbocycles. The van der Waals surface area contributed by atoms with E-state index in [9.17, 15) is 0 Å². The van der Waals surface area contributed by atoms with Crippen LogP contribution in [-0.2, 0) is 0 Å². The predicted molar refractivity (Wildman–Crippen MR) is 181 cm³/mol. The largest absolute Gasteiger partial charge is 0.378 e. The summed E-state index contributed by atoms with van der Waals surface area (Å²) in [7, 11) is 16.6. The average molecular weight is 544 g/mol. The molecule has 0 fully saturated rings. The first-order valence-corrected chi connectivity index (χ1v) is 14.0. The molecule has 0 saturated carbocycles. The summed E-state index contributed by atoms with van der Waals surface area (Å²) in [6.45, 7) is 0. The molecule has 0 N–H and O–H groups in total. The molecule has 0 atom stereocenters.